The molecule has 0 saturated heterocycles. The number of H-pyrrole nitrogens is 1. The van der Waals surface area contributed by atoms with Crippen LogP contribution in [0.1, 0.15) is 37.9 Å². The summed E-state index contributed by atoms with van der Waals surface area (Å²) in [6.45, 7) is 1.24. The van der Waals surface area contributed by atoms with Gasteiger partial charge in [0.05, 0.1) is 17.1 Å². The van der Waals surface area contributed by atoms with Crippen LogP contribution < -0.4 is 5.32 Å². The number of carbonyl (C=O) groups excluding carboxylic acids is 1. The fourth-order valence-corrected chi connectivity index (χ4v) is 3.55. The molecule has 0 bridgehead atoms. The molecule has 0 radical (unpaired) electrons. The Kier molecular flexibility index (Phi) is 5.91. The molecule has 1 aliphatic rings. The summed E-state index contributed by atoms with van der Waals surface area (Å²) in [7, 11) is 1.80. The Morgan fingerprint density at radius 2 is 2.16 bits per heavy atom. The van der Waals surface area contributed by atoms with E-state index >= 15 is 0 Å². The zero-order chi connectivity index (χ0) is 17.6. The molecule has 136 valence electrons. The highest BCUT2D eigenvalue weighted by atomic mass is 16.3. The molecular formula is C19H28N4O2. The molecule has 1 fully saturated rings. The second kappa shape index (κ2) is 8.34. The van der Waals surface area contributed by atoms with Gasteiger partial charge < -0.3 is 20.3 Å². The van der Waals surface area contributed by atoms with E-state index in [4.69, 9.17) is 0 Å². The summed E-state index contributed by atoms with van der Waals surface area (Å²) in [5.41, 5.74) is 2.03. The molecule has 0 aliphatic heterocycles. The van der Waals surface area contributed by atoms with Crippen LogP contribution >= 0.6 is 0 Å². The molecule has 2 aromatic rings. The highest BCUT2D eigenvalue weighted by molar-refractivity contribution is 5.75. The van der Waals surface area contributed by atoms with Gasteiger partial charge in [-0.25, -0.2) is 9.78 Å². The molecule has 2 atom stereocenters. The van der Waals surface area contributed by atoms with E-state index in [0.717, 1.165) is 55.4 Å². The van der Waals surface area contributed by atoms with E-state index in [1.807, 2.05) is 24.3 Å². The predicted octanol–water partition coefficient (Wildman–Crippen LogP) is 2.69. The van der Waals surface area contributed by atoms with Crippen LogP contribution in [0.4, 0.5) is 4.79 Å². The molecule has 25 heavy (non-hydrogen) atoms. The van der Waals surface area contributed by atoms with Gasteiger partial charge in [-0.05, 0) is 31.4 Å². The number of rotatable bonds is 6. The van der Waals surface area contributed by atoms with Crippen LogP contribution in [0.2, 0.25) is 0 Å². The second-order valence-electron chi connectivity index (χ2n) is 7.03. The van der Waals surface area contributed by atoms with Crippen LogP contribution in [0, 0.1) is 5.92 Å². The minimum Gasteiger partial charge on any atom is -0.393 e. The third-order valence-electron chi connectivity index (χ3n) is 5.03. The number of benzene rings is 1. The van der Waals surface area contributed by atoms with Gasteiger partial charge in [-0.2, -0.15) is 0 Å². The number of urea groups is 1. The van der Waals surface area contributed by atoms with Crippen molar-refractivity contribution in [3.05, 3.63) is 30.1 Å². The quantitative estimate of drug-likeness (QED) is 0.705. The van der Waals surface area contributed by atoms with Crippen LogP contribution in [0.25, 0.3) is 11.0 Å². The Hall–Kier alpha value is -2.08. The lowest BCUT2D eigenvalue weighted by molar-refractivity contribution is 0.0565. The van der Waals surface area contributed by atoms with E-state index < -0.39 is 0 Å². The number of hydrogen-bond donors (Lipinski definition) is 3. The molecule has 1 saturated carbocycles. The molecular weight excluding hydrogens is 316 g/mol. The summed E-state index contributed by atoms with van der Waals surface area (Å²) < 4.78 is 0. The summed E-state index contributed by atoms with van der Waals surface area (Å²) in [5.74, 6) is 1.16. The Balaban J connectivity index is 1.38. The Labute approximate surface area is 148 Å². The minimum atomic E-state index is -0.267. The molecule has 0 unspecified atom stereocenters. The zero-order valence-corrected chi connectivity index (χ0v) is 14.9. The van der Waals surface area contributed by atoms with Crippen LogP contribution in [0.3, 0.4) is 0 Å². The number of para-hydroxylation sites is 2. The van der Waals surface area contributed by atoms with Gasteiger partial charge in [0.25, 0.3) is 0 Å². The van der Waals surface area contributed by atoms with Gasteiger partial charge in [0.15, 0.2) is 0 Å². The standard InChI is InChI=1S/C19H28N4O2/c1-23(13-14-7-2-5-10-17(14)24)19(25)20-12-6-11-18-21-15-8-3-4-9-16(15)22-18/h3-4,8-9,14,17,24H,2,5-7,10-13H2,1H3,(H,20,25)(H,21,22)/t14-,17+/m0/s1. The van der Waals surface area contributed by atoms with E-state index in [1.54, 1.807) is 11.9 Å². The van der Waals surface area contributed by atoms with Crippen molar-refractivity contribution in [3.8, 4) is 0 Å². The monoisotopic (exact) mass is 344 g/mol. The van der Waals surface area contributed by atoms with Crippen molar-refractivity contribution < 1.29 is 9.90 Å². The van der Waals surface area contributed by atoms with Crippen molar-refractivity contribution in [1.82, 2.24) is 20.2 Å². The molecule has 1 aromatic carbocycles. The van der Waals surface area contributed by atoms with E-state index in [0.29, 0.717) is 13.1 Å². The molecule has 3 N–H and O–H groups in total. The summed E-state index contributed by atoms with van der Waals surface area (Å²) in [4.78, 5) is 21.7. The van der Waals surface area contributed by atoms with Gasteiger partial charge >= 0.3 is 6.03 Å². The number of amides is 2. The molecule has 6 nitrogen and oxygen atoms in total. The first kappa shape index (κ1) is 17.7. The number of aryl methyl sites for hydroxylation is 1. The van der Waals surface area contributed by atoms with E-state index in [-0.39, 0.29) is 18.1 Å². The molecule has 3 rings (SSSR count). The fraction of sp³-hybridized carbons (Fsp3) is 0.579. The average Bonchev–Trinajstić information content (AvgIpc) is 3.03. The highest BCUT2D eigenvalue weighted by Crippen LogP contribution is 2.24. The lowest BCUT2D eigenvalue weighted by Gasteiger charge is -2.31. The summed E-state index contributed by atoms with van der Waals surface area (Å²) in [6, 6.07) is 7.91. The number of hydrogen-bond acceptors (Lipinski definition) is 3. The van der Waals surface area contributed by atoms with Crippen molar-refractivity contribution >= 4 is 17.1 Å². The van der Waals surface area contributed by atoms with Crippen molar-refractivity contribution in [3.63, 3.8) is 0 Å². The zero-order valence-electron chi connectivity index (χ0n) is 14.9. The third-order valence-corrected chi connectivity index (χ3v) is 5.03. The largest absolute Gasteiger partial charge is 0.393 e. The lowest BCUT2D eigenvalue weighted by Crippen LogP contribution is -2.43. The Bertz CT molecular complexity index is 667. The lowest BCUT2D eigenvalue weighted by atomic mass is 9.86. The first-order chi connectivity index (χ1) is 12.1. The van der Waals surface area contributed by atoms with Gasteiger partial charge in [0, 0.05) is 32.5 Å². The smallest absolute Gasteiger partial charge is 0.317 e. The second-order valence-corrected chi connectivity index (χ2v) is 7.03. The first-order valence-electron chi connectivity index (χ1n) is 9.24. The van der Waals surface area contributed by atoms with Crippen molar-refractivity contribution in [2.75, 3.05) is 20.1 Å². The number of fused-ring (bicyclic) bond motifs is 1. The topological polar surface area (TPSA) is 81.2 Å². The highest BCUT2D eigenvalue weighted by Gasteiger charge is 2.25. The number of aliphatic hydroxyl groups is 1. The molecule has 1 aromatic heterocycles. The van der Waals surface area contributed by atoms with Crippen molar-refractivity contribution in [2.45, 2.75) is 44.6 Å². The van der Waals surface area contributed by atoms with Crippen molar-refractivity contribution in [2.24, 2.45) is 5.92 Å². The molecule has 2 amide bonds. The summed E-state index contributed by atoms with van der Waals surface area (Å²) in [6.07, 6.45) is 5.48. The number of carbonyl (C=O) groups is 1. The van der Waals surface area contributed by atoms with Gasteiger partial charge in [0.2, 0.25) is 0 Å². The Morgan fingerprint density at radius 1 is 1.36 bits per heavy atom. The number of nitrogens with zero attached hydrogens (tertiary/aromatic N) is 2. The minimum absolute atomic E-state index is 0.0672. The maximum atomic E-state index is 12.2. The van der Waals surface area contributed by atoms with E-state index in [1.165, 1.54) is 0 Å². The van der Waals surface area contributed by atoms with Crippen LogP contribution in [-0.4, -0.2) is 52.2 Å². The number of nitrogens with one attached hydrogen (secondary N) is 2. The fourth-order valence-electron chi connectivity index (χ4n) is 3.55. The number of aliphatic hydroxyl groups excluding tert-OH is 1. The molecule has 0 spiro atoms. The number of imidazole rings is 1. The average molecular weight is 344 g/mol. The van der Waals surface area contributed by atoms with Gasteiger partial charge in [-0.3, -0.25) is 0 Å². The number of aromatic nitrogens is 2. The maximum Gasteiger partial charge on any atom is 0.317 e. The maximum absolute atomic E-state index is 12.2. The SMILES string of the molecule is CN(C[C@@H]1CCCC[C@H]1O)C(=O)NCCCc1nc2ccccc2[nH]1. The molecule has 1 heterocycles. The Morgan fingerprint density at radius 3 is 2.96 bits per heavy atom. The van der Waals surface area contributed by atoms with E-state index in [2.05, 4.69) is 15.3 Å². The van der Waals surface area contributed by atoms with Gasteiger partial charge in [-0.1, -0.05) is 25.0 Å². The normalized spacial score (nSPS) is 20.6. The first-order valence-corrected chi connectivity index (χ1v) is 9.24. The van der Waals surface area contributed by atoms with Crippen LogP contribution in [0.5, 0.6) is 0 Å². The van der Waals surface area contributed by atoms with Crippen LogP contribution in [-0.2, 0) is 6.42 Å². The third kappa shape index (κ3) is 4.72. The number of aromatic amines is 1. The van der Waals surface area contributed by atoms with Crippen LogP contribution in [0.15, 0.2) is 24.3 Å². The van der Waals surface area contributed by atoms with Gasteiger partial charge in [0.1, 0.15) is 5.82 Å². The summed E-state index contributed by atoms with van der Waals surface area (Å²) >= 11 is 0. The molecule has 6 heteroatoms. The predicted molar refractivity (Wildman–Crippen MR) is 98.4 cm³/mol. The molecule has 1 aliphatic carbocycles. The summed E-state index contributed by atoms with van der Waals surface area (Å²) in [5, 5.41) is 13.0. The van der Waals surface area contributed by atoms with E-state index in [9.17, 15) is 9.90 Å². The van der Waals surface area contributed by atoms with Gasteiger partial charge in [-0.15, -0.1) is 0 Å². The van der Waals surface area contributed by atoms with Crippen molar-refractivity contribution in [1.29, 1.82) is 0 Å².